The van der Waals surface area contributed by atoms with Gasteiger partial charge in [-0.2, -0.15) is 0 Å². The molecule has 1 spiro atoms. The molecule has 5 rings (SSSR count). The van der Waals surface area contributed by atoms with Crippen molar-refractivity contribution in [1.82, 2.24) is 26.3 Å². The lowest BCUT2D eigenvalue weighted by Gasteiger charge is -2.35. The van der Waals surface area contributed by atoms with E-state index in [-0.39, 0.29) is 32.0 Å². The Morgan fingerprint density at radius 2 is 1.83 bits per heavy atom. The molecule has 5 atom stereocenters. The number of aryl methyl sites for hydroxylation is 2. The maximum Gasteiger partial charge on any atom is 0.408 e. The average Bonchev–Trinajstić information content (AvgIpc) is 3.38. The zero-order valence-corrected chi connectivity index (χ0v) is 28.8. The van der Waals surface area contributed by atoms with Crippen LogP contribution in [0.5, 0.6) is 0 Å². The van der Waals surface area contributed by atoms with Gasteiger partial charge in [0.05, 0.1) is 31.5 Å². The standard InChI is InChI=1S/C35H49N5O8/c1-7-8-25(28(41)31(43)36-23-11-12-23)37-30(42)27-17-35(16-26(39-48-35)22-10-9-20(2)21(3)15-22)19-40(27)32(44)29(34(4,5)6)38-33(45)47-24-13-14-46-18-24/h9-10,15-16,23-25,27,29,39H,7-8,11-14,17-19H2,1-6H3,(H,36,43)(H,37,42)(H,38,45)/t24-,25-,27-,29+,35+/m0/s1. The molecular weight excluding hydrogens is 618 g/mol. The molecule has 0 unspecified atom stereocenters. The molecule has 0 radical (unpaired) electrons. The van der Waals surface area contributed by atoms with Gasteiger partial charge < -0.3 is 30.3 Å². The Bertz CT molecular complexity index is 1460. The Labute approximate surface area is 281 Å². The molecular formula is C35H49N5O8. The lowest BCUT2D eigenvalue weighted by molar-refractivity contribution is -0.144. The number of carbonyl (C=O) groups is 5. The highest BCUT2D eigenvalue weighted by Gasteiger charge is 2.54. The first-order chi connectivity index (χ1) is 22.7. The van der Waals surface area contributed by atoms with Crippen LogP contribution >= 0.6 is 0 Å². The Hall–Kier alpha value is -3.97. The number of hydrogen-bond donors (Lipinski definition) is 4. The molecule has 48 heavy (non-hydrogen) atoms. The third-order valence-corrected chi connectivity index (χ3v) is 9.41. The van der Waals surface area contributed by atoms with Gasteiger partial charge in [-0.05, 0) is 67.4 Å². The monoisotopic (exact) mass is 667 g/mol. The van der Waals surface area contributed by atoms with Gasteiger partial charge in [-0.1, -0.05) is 46.2 Å². The molecule has 1 aromatic carbocycles. The summed E-state index contributed by atoms with van der Waals surface area (Å²) in [5.74, 6) is -2.52. The molecule has 4 N–H and O–H groups in total. The van der Waals surface area contributed by atoms with Crippen LogP contribution in [-0.2, 0) is 33.5 Å². The number of amides is 4. The fourth-order valence-corrected chi connectivity index (χ4v) is 6.27. The number of likely N-dealkylation sites (tertiary alicyclic amines) is 1. The van der Waals surface area contributed by atoms with E-state index in [0.717, 1.165) is 29.5 Å². The summed E-state index contributed by atoms with van der Waals surface area (Å²) in [4.78, 5) is 74.9. The Balaban J connectivity index is 1.42. The number of hydrogen-bond acceptors (Lipinski definition) is 9. The summed E-state index contributed by atoms with van der Waals surface area (Å²) in [6.07, 6.45) is 3.81. The van der Waals surface area contributed by atoms with Crippen LogP contribution < -0.4 is 21.4 Å². The number of hydroxylamine groups is 1. The molecule has 3 aliphatic heterocycles. The first kappa shape index (κ1) is 35.3. The summed E-state index contributed by atoms with van der Waals surface area (Å²) in [5, 5.41) is 8.23. The fourth-order valence-electron chi connectivity index (χ4n) is 6.27. The second-order valence-corrected chi connectivity index (χ2v) is 14.6. The maximum absolute atomic E-state index is 14.5. The SMILES string of the molecule is CCC[C@H](NC(=O)[C@@H]1C[C@]2(C=C(c3ccc(C)c(C)c3)NO2)CN1C(=O)[C@@H](NC(=O)O[C@H]1CCOC1)C(C)(C)C)C(=O)C(=O)NC1CC1. The first-order valence-electron chi connectivity index (χ1n) is 16.9. The lowest BCUT2D eigenvalue weighted by atomic mass is 9.85. The second-order valence-electron chi connectivity index (χ2n) is 14.6. The fraction of sp³-hybridized carbons (Fsp3) is 0.629. The zero-order valence-electron chi connectivity index (χ0n) is 28.8. The molecule has 1 aromatic rings. The highest BCUT2D eigenvalue weighted by Crippen LogP contribution is 2.39. The molecule has 1 aliphatic carbocycles. The molecule has 2 saturated heterocycles. The molecule has 3 fully saturated rings. The number of ketones is 1. The van der Waals surface area contributed by atoms with Crippen LogP contribution in [0.2, 0.25) is 0 Å². The van der Waals surface area contributed by atoms with Crippen molar-refractivity contribution < 1.29 is 38.3 Å². The van der Waals surface area contributed by atoms with E-state index in [1.807, 2.05) is 65.8 Å². The summed E-state index contributed by atoms with van der Waals surface area (Å²) in [6.45, 7) is 12.1. The van der Waals surface area contributed by atoms with Crippen LogP contribution in [0.3, 0.4) is 0 Å². The summed E-state index contributed by atoms with van der Waals surface area (Å²) in [5.41, 5.74) is 5.00. The topological polar surface area (TPSA) is 164 Å². The molecule has 262 valence electrons. The number of Topliss-reactive ketones (excluding diaryl/α,β-unsaturated/α-hetero) is 1. The summed E-state index contributed by atoms with van der Waals surface area (Å²) in [6, 6.07) is 2.82. The summed E-state index contributed by atoms with van der Waals surface area (Å²) >= 11 is 0. The molecule has 3 heterocycles. The third kappa shape index (κ3) is 8.18. The molecule has 0 aromatic heterocycles. The number of nitrogens with one attached hydrogen (secondary N) is 4. The normalized spacial score (nSPS) is 24.8. The van der Waals surface area contributed by atoms with Crippen molar-refractivity contribution in [2.75, 3.05) is 19.8 Å². The molecule has 4 aliphatic rings. The van der Waals surface area contributed by atoms with Gasteiger partial charge in [-0.25, -0.2) is 4.79 Å². The van der Waals surface area contributed by atoms with Gasteiger partial charge in [0, 0.05) is 18.9 Å². The van der Waals surface area contributed by atoms with E-state index in [4.69, 9.17) is 14.3 Å². The molecule has 0 bridgehead atoms. The average molecular weight is 668 g/mol. The van der Waals surface area contributed by atoms with Crippen molar-refractivity contribution in [3.63, 3.8) is 0 Å². The minimum Gasteiger partial charge on any atom is -0.444 e. The van der Waals surface area contributed by atoms with Crippen LogP contribution in [-0.4, -0.2) is 90.1 Å². The third-order valence-electron chi connectivity index (χ3n) is 9.41. The van der Waals surface area contributed by atoms with Crippen LogP contribution in [0.15, 0.2) is 24.3 Å². The van der Waals surface area contributed by atoms with Crippen LogP contribution in [0, 0.1) is 19.3 Å². The van der Waals surface area contributed by atoms with E-state index in [9.17, 15) is 24.0 Å². The Morgan fingerprint density at radius 3 is 2.46 bits per heavy atom. The minimum atomic E-state index is -1.08. The van der Waals surface area contributed by atoms with E-state index >= 15 is 0 Å². The molecule has 4 amide bonds. The Morgan fingerprint density at radius 1 is 1.08 bits per heavy atom. The van der Waals surface area contributed by atoms with E-state index in [1.54, 1.807) is 0 Å². The van der Waals surface area contributed by atoms with E-state index < -0.39 is 64.8 Å². The summed E-state index contributed by atoms with van der Waals surface area (Å²) < 4.78 is 10.8. The molecule has 1 saturated carbocycles. The smallest absolute Gasteiger partial charge is 0.408 e. The predicted molar refractivity (Wildman–Crippen MR) is 176 cm³/mol. The van der Waals surface area contributed by atoms with Gasteiger partial charge in [-0.3, -0.25) is 29.5 Å². The van der Waals surface area contributed by atoms with Gasteiger partial charge in [0.25, 0.3) is 5.91 Å². The summed E-state index contributed by atoms with van der Waals surface area (Å²) in [7, 11) is 0. The number of nitrogens with zero attached hydrogens (tertiary/aromatic N) is 1. The number of benzene rings is 1. The quantitative estimate of drug-likeness (QED) is 0.260. The predicted octanol–water partition coefficient (Wildman–Crippen LogP) is 2.58. The van der Waals surface area contributed by atoms with Crippen LogP contribution in [0.1, 0.15) is 82.9 Å². The van der Waals surface area contributed by atoms with Crippen molar-refractivity contribution in [3.8, 4) is 0 Å². The van der Waals surface area contributed by atoms with Crippen LogP contribution in [0.25, 0.3) is 5.70 Å². The number of rotatable bonds is 11. The number of alkyl carbamates (subject to hydrolysis) is 1. The number of carbonyl (C=O) groups excluding carboxylic acids is 5. The van der Waals surface area contributed by atoms with Gasteiger partial charge in [0.2, 0.25) is 17.6 Å². The highest BCUT2D eigenvalue weighted by atomic mass is 16.7. The van der Waals surface area contributed by atoms with Crippen molar-refractivity contribution in [3.05, 3.63) is 41.0 Å². The second kappa shape index (κ2) is 14.3. The zero-order chi connectivity index (χ0) is 34.8. The highest BCUT2D eigenvalue weighted by molar-refractivity contribution is 6.38. The largest absolute Gasteiger partial charge is 0.444 e. The van der Waals surface area contributed by atoms with Gasteiger partial charge in [0.1, 0.15) is 23.8 Å². The lowest BCUT2D eigenvalue weighted by Crippen LogP contribution is -2.59. The van der Waals surface area contributed by atoms with Crippen LogP contribution in [0.4, 0.5) is 4.79 Å². The molecule has 13 nitrogen and oxygen atoms in total. The molecule has 13 heteroatoms. The van der Waals surface area contributed by atoms with E-state index in [1.165, 1.54) is 4.90 Å². The minimum absolute atomic E-state index is 0.000404. The maximum atomic E-state index is 14.5. The van der Waals surface area contributed by atoms with Crippen molar-refractivity contribution in [1.29, 1.82) is 0 Å². The van der Waals surface area contributed by atoms with Gasteiger partial charge in [0.15, 0.2) is 0 Å². The van der Waals surface area contributed by atoms with E-state index in [2.05, 4.69) is 21.4 Å². The van der Waals surface area contributed by atoms with Crippen molar-refractivity contribution in [2.45, 2.75) is 116 Å². The first-order valence-corrected chi connectivity index (χ1v) is 16.9. The van der Waals surface area contributed by atoms with E-state index in [0.29, 0.717) is 25.1 Å². The Kier molecular flexibility index (Phi) is 10.5. The van der Waals surface area contributed by atoms with Gasteiger partial charge in [-0.15, -0.1) is 0 Å². The van der Waals surface area contributed by atoms with Crippen molar-refractivity contribution >= 4 is 35.3 Å². The number of ether oxygens (including phenoxy) is 2. The van der Waals surface area contributed by atoms with Crippen molar-refractivity contribution in [2.24, 2.45) is 5.41 Å². The van der Waals surface area contributed by atoms with Gasteiger partial charge >= 0.3 is 6.09 Å².